The van der Waals surface area contributed by atoms with Crippen molar-refractivity contribution < 1.29 is 0 Å². The molecule has 0 aromatic rings. The lowest BCUT2D eigenvalue weighted by Gasteiger charge is -2.18. The summed E-state index contributed by atoms with van der Waals surface area (Å²) in [6, 6.07) is 0. The van der Waals surface area contributed by atoms with Crippen LogP contribution in [0.15, 0.2) is 4.99 Å². The number of unbranched alkanes of at least 4 members (excludes halogenated alkanes) is 1. The van der Waals surface area contributed by atoms with Crippen LogP contribution in [0.4, 0.5) is 0 Å². The SMILES string of the molecule is CCCCNC(N)=NCCCN1CCCCCC1. The van der Waals surface area contributed by atoms with Crippen LogP contribution in [-0.2, 0) is 0 Å². The van der Waals surface area contributed by atoms with Crippen molar-refractivity contribution in [2.24, 2.45) is 10.7 Å². The molecule has 1 aliphatic rings. The molecule has 0 spiro atoms. The van der Waals surface area contributed by atoms with Crippen LogP contribution in [0, 0.1) is 0 Å². The number of nitrogens with two attached hydrogens (primary N) is 1. The fourth-order valence-electron chi connectivity index (χ4n) is 2.30. The molecule has 1 heterocycles. The zero-order chi connectivity index (χ0) is 13.1. The van der Waals surface area contributed by atoms with E-state index in [1.54, 1.807) is 0 Å². The van der Waals surface area contributed by atoms with Crippen molar-refractivity contribution in [3.05, 3.63) is 0 Å². The normalized spacial score (nSPS) is 18.6. The molecule has 0 bridgehead atoms. The van der Waals surface area contributed by atoms with Crippen LogP contribution < -0.4 is 11.1 Å². The maximum absolute atomic E-state index is 5.78. The van der Waals surface area contributed by atoms with E-state index in [1.807, 2.05) is 0 Å². The molecule has 106 valence electrons. The lowest BCUT2D eigenvalue weighted by atomic mass is 10.2. The van der Waals surface area contributed by atoms with E-state index < -0.39 is 0 Å². The molecule has 18 heavy (non-hydrogen) atoms. The number of aliphatic imine (C=N–C) groups is 1. The van der Waals surface area contributed by atoms with Crippen molar-refractivity contribution in [3.63, 3.8) is 0 Å². The number of likely N-dealkylation sites (tertiary alicyclic amines) is 1. The summed E-state index contributed by atoms with van der Waals surface area (Å²) in [5, 5.41) is 3.15. The fourth-order valence-corrected chi connectivity index (χ4v) is 2.30. The molecule has 1 saturated heterocycles. The van der Waals surface area contributed by atoms with Gasteiger partial charge in [-0.1, -0.05) is 26.2 Å². The highest BCUT2D eigenvalue weighted by Gasteiger charge is 2.07. The summed E-state index contributed by atoms with van der Waals surface area (Å²) in [6.45, 7) is 7.68. The third kappa shape index (κ3) is 7.54. The van der Waals surface area contributed by atoms with Gasteiger partial charge >= 0.3 is 0 Å². The maximum Gasteiger partial charge on any atom is 0.188 e. The maximum atomic E-state index is 5.78. The molecule has 0 amide bonds. The Hall–Kier alpha value is -0.770. The lowest BCUT2D eigenvalue weighted by molar-refractivity contribution is 0.283. The second kappa shape index (κ2) is 10.2. The number of nitrogens with zero attached hydrogens (tertiary/aromatic N) is 2. The first-order chi connectivity index (χ1) is 8.83. The Labute approximate surface area is 112 Å². The summed E-state index contributed by atoms with van der Waals surface area (Å²) in [5.41, 5.74) is 5.78. The highest BCUT2D eigenvalue weighted by molar-refractivity contribution is 5.77. The molecule has 4 nitrogen and oxygen atoms in total. The van der Waals surface area contributed by atoms with E-state index in [0.717, 1.165) is 25.9 Å². The summed E-state index contributed by atoms with van der Waals surface area (Å²) in [7, 11) is 0. The van der Waals surface area contributed by atoms with Crippen molar-refractivity contribution in [2.45, 2.75) is 51.9 Å². The molecular formula is C14H30N4. The Morgan fingerprint density at radius 3 is 2.56 bits per heavy atom. The summed E-state index contributed by atoms with van der Waals surface area (Å²) in [4.78, 5) is 6.93. The van der Waals surface area contributed by atoms with E-state index >= 15 is 0 Å². The minimum atomic E-state index is 0.610. The Kier molecular flexibility index (Phi) is 8.65. The van der Waals surface area contributed by atoms with Gasteiger partial charge in [-0.15, -0.1) is 0 Å². The van der Waals surface area contributed by atoms with Gasteiger partial charge in [0.05, 0.1) is 0 Å². The molecule has 0 aliphatic carbocycles. The van der Waals surface area contributed by atoms with Crippen LogP contribution in [-0.4, -0.2) is 43.6 Å². The molecule has 0 radical (unpaired) electrons. The van der Waals surface area contributed by atoms with Gasteiger partial charge in [0.15, 0.2) is 5.96 Å². The van der Waals surface area contributed by atoms with Gasteiger partial charge in [-0.05, 0) is 45.3 Å². The van der Waals surface area contributed by atoms with Crippen molar-refractivity contribution in [2.75, 3.05) is 32.7 Å². The molecule has 0 aromatic carbocycles. The molecule has 3 N–H and O–H groups in total. The van der Waals surface area contributed by atoms with Crippen LogP contribution in [0.3, 0.4) is 0 Å². The van der Waals surface area contributed by atoms with E-state index in [-0.39, 0.29) is 0 Å². The number of nitrogens with one attached hydrogen (secondary N) is 1. The van der Waals surface area contributed by atoms with E-state index in [9.17, 15) is 0 Å². The fraction of sp³-hybridized carbons (Fsp3) is 0.929. The average molecular weight is 254 g/mol. The van der Waals surface area contributed by atoms with Gasteiger partial charge in [0.2, 0.25) is 0 Å². The second-order valence-electron chi connectivity index (χ2n) is 5.16. The van der Waals surface area contributed by atoms with E-state index in [4.69, 9.17) is 5.73 Å². The Morgan fingerprint density at radius 1 is 1.17 bits per heavy atom. The van der Waals surface area contributed by atoms with Gasteiger partial charge in [-0.2, -0.15) is 0 Å². The van der Waals surface area contributed by atoms with Crippen molar-refractivity contribution in [1.82, 2.24) is 10.2 Å². The van der Waals surface area contributed by atoms with Gasteiger partial charge in [-0.3, -0.25) is 4.99 Å². The average Bonchev–Trinajstić information content (AvgIpc) is 2.63. The minimum absolute atomic E-state index is 0.610. The molecule has 1 aliphatic heterocycles. The zero-order valence-electron chi connectivity index (χ0n) is 12.0. The number of hydrogen-bond acceptors (Lipinski definition) is 2. The highest BCUT2D eigenvalue weighted by Crippen LogP contribution is 2.09. The smallest absolute Gasteiger partial charge is 0.188 e. The predicted molar refractivity (Wildman–Crippen MR) is 78.9 cm³/mol. The molecule has 0 atom stereocenters. The number of guanidine groups is 1. The lowest BCUT2D eigenvalue weighted by Crippen LogP contribution is -2.32. The van der Waals surface area contributed by atoms with Gasteiger partial charge in [-0.25, -0.2) is 0 Å². The van der Waals surface area contributed by atoms with Gasteiger partial charge in [0.25, 0.3) is 0 Å². The van der Waals surface area contributed by atoms with Gasteiger partial charge in [0.1, 0.15) is 0 Å². The van der Waals surface area contributed by atoms with Crippen molar-refractivity contribution >= 4 is 5.96 Å². The number of rotatable bonds is 7. The standard InChI is InChI=1S/C14H30N4/c1-2-3-9-16-14(15)17-10-8-13-18-11-6-4-5-7-12-18/h2-13H2,1H3,(H3,15,16,17). The topological polar surface area (TPSA) is 53.6 Å². The third-order valence-electron chi connectivity index (χ3n) is 3.45. The van der Waals surface area contributed by atoms with Crippen LogP contribution in [0.5, 0.6) is 0 Å². The first kappa shape index (κ1) is 15.3. The van der Waals surface area contributed by atoms with Crippen LogP contribution in [0.2, 0.25) is 0 Å². The first-order valence-corrected chi connectivity index (χ1v) is 7.59. The molecular weight excluding hydrogens is 224 g/mol. The molecule has 0 aromatic heterocycles. The van der Waals surface area contributed by atoms with Crippen LogP contribution >= 0.6 is 0 Å². The van der Waals surface area contributed by atoms with Crippen molar-refractivity contribution in [1.29, 1.82) is 0 Å². The van der Waals surface area contributed by atoms with Gasteiger partial charge < -0.3 is 16.0 Å². The Balaban J connectivity index is 2.03. The molecule has 1 fully saturated rings. The van der Waals surface area contributed by atoms with E-state index in [0.29, 0.717) is 5.96 Å². The highest BCUT2D eigenvalue weighted by atomic mass is 15.1. The second-order valence-corrected chi connectivity index (χ2v) is 5.16. The third-order valence-corrected chi connectivity index (χ3v) is 3.45. The van der Waals surface area contributed by atoms with Gasteiger partial charge in [0, 0.05) is 13.1 Å². The van der Waals surface area contributed by atoms with Crippen LogP contribution in [0.1, 0.15) is 51.9 Å². The molecule has 1 rings (SSSR count). The summed E-state index contributed by atoms with van der Waals surface area (Å²) in [5.74, 6) is 0.610. The Bertz CT molecular complexity index is 220. The first-order valence-electron chi connectivity index (χ1n) is 7.59. The molecule has 0 unspecified atom stereocenters. The predicted octanol–water partition coefficient (Wildman–Crippen LogP) is 1.96. The molecule has 0 saturated carbocycles. The van der Waals surface area contributed by atoms with E-state index in [1.165, 1.54) is 51.7 Å². The quantitative estimate of drug-likeness (QED) is 0.415. The number of hydrogen-bond donors (Lipinski definition) is 2. The largest absolute Gasteiger partial charge is 0.370 e. The summed E-state index contributed by atoms with van der Waals surface area (Å²) >= 11 is 0. The monoisotopic (exact) mass is 254 g/mol. The summed E-state index contributed by atoms with van der Waals surface area (Å²) < 4.78 is 0. The minimum Gasteiger partial charge on any atom is -0.370 e. The van der Waals surface area contributed by atoms with Crippen molar-refractivity contribution in [3.8, 4) is 0 Å². The molecule has 4 heteroatoms. The van der Waals surface area contributed by atoms with Crippen LogP contribution in [0.25, 0.3) is 0 Å². The zero-order valence-corrected chi connectivity index (χ0v) is 12.0. The summed E-state index contributed by atoms with van der Waals surface area (Å²) in [6.07, 6.45) is 9.01. The van der Waals surface area contributed by atoms with E-state index in [2.05, 4.69) is 22.1 Å². The Morgan fingerprint density at radius 2 is 1.89 bits per heavy atom.